The molecule has 1 aliphatic heterocycles. The Kier molecular flexibility index (Phi) is 3.93. The van der Waals surface area contributed by atoms with E-state index in [4.69, 9.17) is 16.0 Å². The van der Waals surface area contributed by atoms with Gasteiger partial charge in [0.05, 0.1) is 5.92 Å². The van der Waals surface area contributed by atoms with Crippen LogP contribution in [0, 0.1) is 5.92 Å². The van der Waals surface area contributed by atoms with Gasteiger partial charge in [-0.25, -0.2) is 4.89 Å². The van der Waals surface area contributed by atoms with Gasteiger partial charge >= 0.3 is 0 Å². The Bertz CT molecular complexity index is 828. The summed E-state index contributed by atoms with van der Waals surface area (Å²) in [6.07, 6.45) is -0.182. The Hall–Kier alpha value is -1.54. The lowest BCUT2D eigenvalue weighted by Gasteiger charge is -2.23. The second-order valence-corrected chi connectivity index (χ2v) is 9.92. The number of carbonyl (C=O) groups is 3. The molecule has 0 radical (unpaired) electrons. The zero-order chi connectivity index (χ0) is 18.9. The van der Waals surface area contributed by atoms with E-state index >= 15 is 0 Å². The summed E-state index contributed by atoms with van der Waals surface area (Å²) in [7, 11) is -2.92. The molecule has 4 rings (SSSR count). The number of carbonyl (C=O) groups excluding carboxylic acids is 3. The van der Waals surface area contributed by atoms with Crippen molar-refractivity contribution in [2.24, 2.45) is 17.2 Å². The molecule has 0 aromatic heterocycles. The molecule has 1 heterocycles. The Morgan fingerprint density at radius 3 is 2.69 bits per heavy atom. The molecule has 1 aromatic carbocycles. The number of nitrogens with two attached hydrogens (primary N) is 2. The number of benzene rings is 1. The van der Waals surface area contributed by atoms with Crippen molar-refractivity contribution in [2.75, 3.05) is 12.7 Å². The number of epoxide rings is 1. The molecular weight excluding hydrogens is 357 g/mol. The Labute approximate surface area is 150 Å². The van der Waals surface area contributed by atoms with E-state index in [0.717, 1.165) is 5.56 Å². The van der Waals surface area contributed by atoms with Crippen LogP contribution in [0.25, 0.3) is 0 Å². The Morgan fingerprint density at radius 2 is 2.08 bits per heavy atom. The summed E-state index contributed by atoms with van der Waals surface area (Å²) in [4.78, 5) is 45.5. The molecule has 6 N–H and O–H groups in total. The lowest BCUT2D eigenvalue weighted by atomic mass is 9.89. The summed E-state index contributed by atoms with van der Waals surface area (Å²) >= 11 is 0. The van der Waals surface area contributed by atoms with Crippen LogP contribution in [0.5, 0.6) is 0 Å². The third-order valence-corrected chi connectivity index (χ3v) is 7.81. The number of ketones is 3. The van der Waals surface area contributed by atoms with Crippen molar-refractivity contribution in [3.8, 4) is 0 Å². The summed E-state index contributed by atoms with van der Waals surface area (Å²) in [5.41, 5.74) is 12.3. The highest BCUT2D eigenvalue weighted by Crippen LogP contribution is 2.65. The standard InChI is InChI=1S/C17H21N3O5P/c1-8(21)9-4-2-3-5-10(9)13-16(25-13)26(19,24)7-6-20-17-11(14(17)18)12(22)15(17)23/h2-5,11,13-14,16,20,24H,6-7,18-19H2,1H3/q+1. The summed E-state index contributed by atoms with van der Waals surface area (Å²) in [5, 5.41) is 3.01. The van der Waals surface area contributed by atoms with Crippen LogP contribution in [0.15, 0.2) is 24.3 Å². The monoisotopic (exact) mass is 378 g/mol. The van der Waals surface area contributed by atoms with Crippen molar-refractivity contribution in [1.29, 1.82) is 0 Å². The van der Waals surface area contributed by atoms with E-state index in [-0.39, 0.29) is 18.5 Å². The molecule has 6 unspecified atom stereocenters. The fourth-order valence-electron chi connectivity index (χ4n) is 3.96. The SMILES string of the molecule is CC(=O)c1ccccc1C1OC1[P+](N)(O)CCNC12C(=O)C(=O)C1C2N. The highest BCUT2D eigenvalue weighted by atomic mass is 31.2. The van der Waals surface area contributed by atoms with Gasteiger partial charge in [0.2, 0.25) is 25.1 Å². The van der Waals surface area contributed by atoms with E-state index in [0.29, 0.717) is 5.56 Å². The predicted octanol–water partition coefficient (Wildman–Crippen LogP) is -0.477. The second-order valence-electron chi connectivity index (χ2n) is 7.19. The number of fused-ring (bicyclic) bond motifs is 1. The number of nitrogens with one attached hydrogen (secondary N) is 1. The van der Waals surface area contributed by atoms with Crippen LogP contribution < -0.4 is 16.6 Å². The van der Waals surface area contributed by atoms with Crippen LogP contribution >= 0.6 is 7.64 Å². The van der Waals surface area contributed by atoms with Gasteiger partial charge in [0, 0.05) is 18.2 Å². The minimum Gasteiger partial charge on any atom is -0.325 e. The third kappa shape index (κ3) is 2.41. The van der Waals surface area contributed by atoms with Crippen molar-refractivity contribution < 1.29 is 24.0 Å². The van der Waals surface area contributed by atoms with E-state index in [1.165, 1.54) is 6.92 Å². The van der Waals surface area contributed by atoms with Gasteiger partial charge in [-0.05, 0) is 12.5 Å². The van der Waals surface area contributed by atoms with E-state index in [1.807, 2.05) is 6.07 Å². The zero-order valence-electron chi connectivity index (χ0n) is 14.2. The molecule has 8 nitrogen and oxygen atoms in total. The van der Waals surface area contributed by atoms with E-state index in [2.05, 4.69) is 5.32 Å². The minimum atomic E-state index is -2.92. The van der Waals surface area contributed by atoms with Crippen molar-refractivity contribution in [3.05, 3.63) is 35.4 Å². The van der Waals surface area contributed by atoms with Gasteiger partial charge in [0.25, 0.3) is 0 Å². The molecule has 2 aliphatic carbocycles. The maximum Gasteiger partial charge on any atom is 0.241 e. The number of rotatable bonds is 7. The lowest BCUT2D eigenvalue weighted by Crippen LogP contribution is -2.56. The average Bonchev–Trinajstić information content (AvgIpc) is 3.49. The highest BCUT2D eigenvalue weighted by molar-refractivity contribution is 7.68. The topological polar surface area (TPSA) is 148 Å². The summed E-state index contributed by atoms with van der Waals surface area (Å²) < 4.78 is 5.60. The maximum atomic E-state index is 11.7. The van der Waals surface area contributed by atoms with Crippen LogP contribution in [-0.4, -0.2) is 52.4 Å². The lowest BCUT2D eigenvalue weighted by molar-refractivity contribution is -0.145. The smallest absolute Gasteiger partial charge is 0.241 e. The van der Waals surface area contributed by atoms with Gasteiger partial charge in [0.15, 0.2) is 11.9 Å². The van der Waals surface area contributed by atoms with Crippen molar-refractivity contribution in [1.82, 2.24) is 5.32 Å². The Balaban J connectivity index is 1.37. The molecule has 0 amide bonds. The van der Waals surface area contributed by atoms with E-state index < -0.39 is 48.7 Å². The maximum absolute atomic E-state index is 11.7. The molecule has 3 aliphatic rings. The predicted molar refractivity (Wildman–Crippen MR) is 94.5 cm³/mol. The molecule has 2 saturated carbocycles. The van der Waals surface area contributed by atoms with Crippen LogP contribution in [0.4, 0.5) is 0 Å². The minimum absolute atomic E-state index is 0.0727. The number of hydrogen-bond donors (Lipinski definition) is 4. The van der Waals surface area contributed by atoms with Crippen LogP contribution in [-0.2, 0) is 14.3 Å². The first-order valence-corrected chi connectivity index (χ1v) is 10.5. The molecule has 9 heteroatoms. The molecule has 1 aromatic rings. The first-order chi connectivity index (χ1) is 12.2. The van der Waals surface area contributed by atoms with Crippen LogP contribution in [0.1, 0.15) is 28.9 Å². The molecule has 6 atom stereocenters. The van der Waals surface area contributed by atoms with Crippen molar-refractivity contribution in [2.45, 2.75) is 30.5 Å². The van der Waals surface area contributed by atoms with E-state index in [1.54, 1.807) is 18.2 Å². The van der Waals surface area contributed by atoms with Gasteiger partial charge in [-0.15, -0.1) is 0 Å². The van der Waals surface area contributed by atoms with Gasteiger partial charge in [-0.3, -0.25) is 19.7 Å². The zero-order valence-corrected chi connectivity index (χ0v) is 15.1. The molecule has 1 saturated heterocycles. The molecule has 26 heavy (non-hydrogen) atoms. The fraction of sp³-hybridized carbons (Fsp3) is 0.471. The van der Waals surface area contributed by atoms with Crippen LogP contribution in [0.2, 0.25) is 0 Å². The van der Waals surface area contributed by atoms with Crippen molar-refractivity contribution in [3.63, 3.8) is 0 Å². The second kappa shape index (κ2) is 5.73. The van der Waals surface area contributed by atoms with Crippen LogP contribution in [0.3, 0.4) is 0 Å². The first-order valence-electron chi connectivity index (χ1n) is 8.45. The van der Waals surface area contributed by atoms with Gasteiger partial charge in [0.1, 0.15) is 11.7 Å². The normalized spacial score (nSPS) is 36.8. The number of ether oxygens (including phenoxy) is 1. The first kappa shape index (κ1) is 17.9. The summed E-state index contributed by atoms with van der Waals surface area (Å²) in [6, 6.07) is 6.61. The molecule has 0 bridgehead atoms. The Morgan fingerprint density at radius 1 is 1.38 bits per heavy atom. The number of hydrogen-bond acceptors (Lipinski definition) is 8. The van der Waals surface area contributed by atoms with Gasteiger partial charge < -0.3 is 10.5 Å². The molecular formula is C17H21N3O5P+. The van der Waals surface area contributed by atoms with E-state index in [9.17, 15) is 19.3 Å². The highest BCUT2D eigenvalue weighted by Gasteiger charge is 2.81. The molecule has 3 fully saturated rings. The van der Waals surface area contributed by atoms with Crippen molar-refractivity contribution >= 4 is 25.0 Å². The molecule has 0 spiro atoms. The fourth-order valence-corrected chi connectivity index (χ4v) is 5.65. The quantitative estimate of drug-likeness (QED) is 0.215. The number of Topliss-reactive ketones (excluding diaryl/α,β-unsaturated/α-hetero) is 3. The summed E-state index contributed by atoms with van der Waals surface area (Å²) in [5.74, 6) is -1.95. The third-order valence-electron chi connectivity index (χ3n) is 5.59. The van der Waals surface area contributed by atoms with Gasteiger partial charge in [-0.1, -0.05) is 24.3 Å². The largest absolute Gasteiger partial charge is 0.325 e. The van der Waals surface area contributed by atoms with Gasteiger partial charge in [-0.2, -0.15) is 5.50 Å². The summed E-state index contributed by atoms with van der Waals surface area (Å²) in [6.45, 7) is 1.75. The molecule has 138 valence electrons. The average molecular weight is 378 g/mol.